The minimum absolute atomic E-state index is 0.298. The quantitative estimate of drug-likeness (QED) is 0.422. The Hall–Kier alpha value is -3.58. The summed E-state index contributed by atoms with van der Waals surface area (Å²) < 4.78 is 6.43. The molecule has 162 valence electrons. The van der Waals surface area contributed by atoms with Crippen molar-refractivity contribution >= 4 is 28.5 Å². The van der Waals surface area contributed by atoms with Crippen molar-refractivity contribution in [2.45, 2.75) is 26.8 Å². The predicted octanol–water partition coefficient (Wildman–Crippen LogP) is 3.65. The molecule has 3 aromatic heterocycles. The number of hydrogen-bond donors (Lipinski definition) is 0. The number of fused-ring (bicyclic) bond motifs is 3. The van der Waals surface area contributed by atoms with Crippen molar-refractivity contribution in [1.82, 2.24) is 23.1 Å². The maximum Gasteiger partial charge on any atom is 0.332 e. The highest BCUT2D eigenvalue weighted by Gasteiger charge is 2.21. The van der Waals surface area contributed by atoms with Gasteiger partial charge in [0.05, 0.1) is 5.69 Å². The van der Waals surface area contributed by atoms with Gasteiger partial charge >= 0.3 is 5.69 Å². The van der Waals surface area contributed by atoms with E-state index in [4.69, 9.17) is 11.6 Å². The minimum atomic E-state index is -0.374. The van der Waals surface area contributed by atoms with Gasteiger partial charge in [-0.1, -0.05) is 48.0 Å². The van der Waals surface area contributed by atoms with Crippen LogP contribution in [-0.2, 0) is 20.0 Å². The van der Waals surface area contributed by atoms with Crippen LogP contribution in [0.3, 0.4) is 0 Å². The lowest BCUT2D eigenvalue weighted by atomic mass is 10.1. The first-order chi connectivity index (χ1) is 15.4. The number of imidazole rings is 2. The van der Waals surface area contributed by atoms with Crippen molar-refractivity contribution in [1.29, 1.82) is 0 Å². The van der Waals surface area contributed by atoms with Gasteiger partial charge in [0, 0.05) is 30.5 Å². The molecule has 32 heavy (non-hydrogen) atoms. The summed E-state index contributed by atoms with van der Waals surface area (Å²) in [5, 5.41) is 0.653. The van der Waals surface area contributed by atoms with Crippen LogP contribution in [-0.4, -0.2) is 23.1 Å². The third-order valence-corrected chi connectivity index (χ3v) is 6.31. The van der Waals surface area contributed by atoms with E-state index in [0.29, 0.717) is 34.9 Å². The van der Waals surface area contributed by atoms with Gasteiger partial charge in [-0.2, -0.15) is 4.98 Å². The summed E-state index contributed by atoms with van der Waals surface area (Å²) >= 11 is 6.35. The maximum atomic E-state index is 13.4. The van der Waals surface area contributed by atoms with Crippen LogP contribution in [0.2, 0.25) is 5.02 Å². The first kappa shape index (κ1) is 20.3. The van der Waals surface area contributed by atoms with E-state index in [2.05, 4.69) is 4.98 Å². The molecule has 0 aliphatic carbocycles. The summed E-state index contributed by atoms with van der Waals surface area (Å²) in [6.07, 6.45) is 2.46. The molecular weight excluding hydrogens is 426 g/mol. The van der Waals surface area contributed by atoms with Gasteiger partial charge in [-0.05, 0) is 43.5 Å². The molecule has 0 aliphatic heterocycles. The molecule has 0 radical (unpaired) electrons. The zero-order chi connectivity index (χ0) is 22.6. The molecule has 0 atom stereocenters. The molecule has 0 aliphatic rings. The second-order valence-corrected chi connectivity index (χ2v) is 8.43. The molecule has 3 heterocycles. The van der Waals surface area contributed by atoms with E-state index in [1.807, 2.05) is 73.1 Å². The van der Waals surface area contributed by atoms with Crippen LogP contribution in [0.15, 0.2) is 64.3 Å². The number of rotatable bonds is 4. The largest absolute Gasteiger partial charge is 0.332 e. The van der Waals surface area contributed by atoms with Gasteiger partial charge in [-0.15, -0.1) is 0 Å². The molecule has 0 fully saturated rings. The molecular formula is C24H22ClN5O2. The molecule has 5 aromatic rings. The fourth-order valence-corrected chi connectivity index (χ4v) is 4.31. The van der Waals surface area contributed by atoms with E-state index in [1.165, 1.54) is 9.13 Å². The molecule has 0 unspecified atom stereocenters. The Labute approximate surface area is 188 Å². The van der Waals surface area contributed by atoms with Crippen molar-refractivity contribution in [3.63, 3.8) is 0 Å². The number of aryl methyl sites for hydroxylation is 4. The molecule has 0 bridgehead atoms. The highest BCUT2D eigenvalue weighted by molar-refractivity contribution is 6.31. The Morgan fingerprint density at radius 3 is 2.50 bits per heavy atom. The van der Waals surface area contributed by atoms with Gasteiger partial charge in [0.15, 0.2) is 11.2 Å². The molecule has 5 rings (SSSR count). The van der Waals surface area contributed by atoms with Crippen molar-refractivity contribution in [2.24, 2.45) is 7.05 Å². The van der Waals surface area contributed by atoms with Gasteiger partial charge in [0.25, 0.3) is 5.56 Å². The van der Waals surface area contributed by atoms with E-state index in [-0.39, 0.29) is 11.2 Å². The number of halogens is 1. The second-order valence-electron chi connectivity index (χ2n) is 8.03. The van der Waals surface area contributed by atoms with Gasteiger partial charge in [-0.3, -0.25) is 22.9 Å². The fourth-order valence-electron chi connectivity index (χ4n) is 4.13. The van der Waals surface area contributed by atoms with Crippen LogP contribution in [0.1, 0.15) is 16.8 Å². The number of hydrogen-bond acceptors (Lipinski definition) is 3. The van der Waals surface area contributed by atoms with E-state index >= 15 is 0 Å². The standard InChI is InChI=1S/C24H22ClN5O2/c1-15-9-10-18(13-19(15)25)30-16(2)14-29-20-21(26-23(29)30)27(3)24(32)28(22(20)31)12-11-17-7-5-4-6-8-17/h4-10,13-14H,11-12H2,1-3H3. The lowest BCUT2D eigenvalue weighted by Crippen LogP contribution is -2.39. The molecule has 0 spiro atoms. The van der Waals surface area contributed by atoms with E-state index in [1.54, 1.807) is 11.4 Å². The fraction of sp³-hybridized carbons (Fsp3) is 0.208. The molecule has 0 saturated heterocycles. The summed E-state index contributed by atoms with van der Waals surface area (Å²) in [6, 6.07) is 15.6. The summed E-state index contributed by atoms with van der Waals surface area (Å²) in [6.45, 7) is 4.19. The van der Waals surface area contributed by atoms with E-state index in [9.17, 15) is 9.59 Å². The van der Waals surface area contributed by atoms with Crippen molar-refractivity contribution in [2.75, 3.05) is 0 Å². The maximum absolute atomic E-state index is 13.4. The number of nitrogens with zero attached hydrogens (tertiary/aromatic N) is 5. The summed E-state index contributed by atoms with van der Waals surface area (Å²) in [5.74, 6) is 0.560. The lowest BCUT2D eigenvalue weighted by Gasteiger charge is -2.08. The topological polar surface area (TPSA) is 66.2 Å². The van der Waals surface area contributed by atoms with Crippen LogP contribution in [0.4, 0.5) is 0 Å². The minimum Gasteiger partial charge on any atom is -0.283 e. The summed E-state index contributed by atoms with van der Waals surface area (Å²) in [5.41, 5.74) is 3.82. The van der Waals surface area contributed by atoms with Crippen LogP contribution < -0.4 is 11.2 Å². The molecule has 8 heteroatoms. The van der Waals surface area contributed by atoms with Gasteiger partial charge < -0.3 is 0 Å². The zero-order valence-electron chi connectivity index (χ0n) is 18.0. The summed E-state index contributed by atoms with van der Waals surface area (Å²) in [4.78, 5) is 31.1. The van der Waals surface area contributed by atoms with Crippen LogP contribution >= 0.6 is 11.6 Å². The Kier molecular flexibility index (Phi) is 4.78. The molecule has 0 amide bonds. The van der Waals surface area contributed by atoms with Gasteiger partial charge in [-0.25, -0.2) is 4.79 Å². The Morgan fingerprint density at radius 2 is 1.78 bits per heavy atom. The first-order valence-electron chi connectivity index (χ1n) is 10.4. The normalized spacial score (nSPS) is 11.6. The Morgan fingerprint density at radius 1 is 1.03 bits per heavy atom. The predicted molar refractivity (Wildman–Crippen MR) is 126 cm³/mol. The van der Waals surface area contributed by atoms with Gasteiger partial charge in [0.1, 0.15) is 0 Å². The van der Waals surface area contributed by atoms with Crippen LogP contribution in [0, 0.1) is 13.8 Å². The van der Waals surface area contributed by atoms with Crippen LogP contribution in [0.5, 0.6) is 0 Å². The number of benzene rings is 2. The number of aromatic nitrogens is 5. The summed E-state index contributed by atoms with van der Waals surface area (Å²) in [7, 11) is 1.65. The molecule has 0 N–H and O–H groups in total. The highest BCUT2D eigenvalue weighted by atomic mass is 35.5. The van der Waals surface area contributed by atoms with Crippen molar-refractivity contribution in [3.8, 4) is 5.69 Å². The molecule has 7 nitrogen and oxygen atoms in total. The SMILES string of the molecule is Cc1ccc(-n2c(C)cn3c4c(=O)n(CCc5ccccc5)c(=O)n(C)c4nc23)cc1Cl. The van der Waals surface area contributed by atoms with Crippen LogP contribution in [0.25, 0.3) is 22.6 Å². The lowest BCUT2D eigenvalue weighted by molar-refractivity contribution is 0.602. The molecule has 0 saturated carbocycles. The first-order valence-corrected chi connectivity index (χ1v) is 10.7. The third-order valence-electron chi connectivity index (χ3n) is 5.91. The van der Waals surface area contributed by atoms with E-state index in [0.717, 1.165) is 22.5 Å². The highest BCUT2D eigenvalue weighted by Crippen LogP contribution is 2.24. The smallest absolute Gasteiger partial charge is 0.283 e. The van der Waals surface area contributed by atoms with Crippen molar-refractivity contribution in [3.05, 3.63) is 97.4 Å². The zero-order valence-corrected chi connectivity index (χ0v) is 18.8. The van der Waals surface area contributed by atoms with E-state index < -0.39 is 0 Å². The Balaban J connectivity index is 1.72. The van der Waals surface area contributed by atoms with Gasteiger partial charge in [0.2, 0.25) is 5.78 Å². The molecule has 2 aromatic carbocycles. The van der Waals surface area contributed by atoms with Crippen molar-refractivity contribution < 1.29 is 0 Å². The average molecular weight is 448 g/mol. The Bertz CT molecular complexity index is 1610. The average Bonchev–Trinajstić information content (AvgIpc) is 3.29. The third kappa shape index (κ3) is 3.08. The second kappa shape index (κ2) is 7.53. The monoisotopic (exact) mass is 447 g/mol.